The Morgan fingerprint density at radius 1 is 1.08 bits per heavy atom. The molecule has 38 heavy (non-hydrogen) atoms. The van der Waals surface area contributed by atoms with Crippen LogP contribution in [0.25, 0.3) is 0 Å². The standard InChI is InChI=1S/C30H34N4O3S/c1-20-9-11-21(12-10-20)18-31-33-29(37)27-25-7-2-3-8-26(25)38-30(27)32-28(36)23-6-4-5-22(17-23)19-34-15-13-24(35)14-16-34/h4-6,9-12,17-18,24,35H,2-3,7-8,13-16,19H2,1H3,(H,32,36)(H,33,37). The van der Waals surface area contributed by atoms with Gasteiger partial charge in [-0.25, -0.2) is 5.43 Å². The van der Waals surface area contributed by atoms with Crippen LogP contribution in [0.5, 0.6) is 0 Å². The summed E-state index contributed by atoms with van der Waals surface area (Å²) >= 11 is 1.50. The van der Waals surface area contributed by atoms with Gasteiger partial charge in [0.05, 0.1) is 17.9 Å². The van der Waals surface area contributed by atoms with Gasteiger partial charge in [-0.05, 0) is 74.3 Å². The van der Waals surface area contributed by atoms with Crippen molar-refractivity contribution in [1.29, 1.82) is 0 Å². The molecule has 8 heteroatoms. The molecule has 0 spiro atoms. The number of hydrogen-bond donors (Lipinski definition) is 3. The highest BCUT2D eigenvalue weighted by molar-refractivity contribution is 7.17. The number of likely N-dealkylation sites (tertiary alicyclic amines) is 1. The van der Waals surface area contributed by atoms with E-state index < -0.39 is 0 Å². The Bertz CT molecular complexity index is 1320. The second-order valence-corrected chi connectivity index (χ2v) is 11.3. The van der Waals surface area contributed by atoms with E-state index in [-0.39, 0.29) is 17.9 Å². The Balaban J connectivity index is 1.31. The zero-order chi connectivity index (χ0) is 26.5. The molecule has 2 heterocycles. The molecule has 0 atom stereocenters. The van der Waals surface area contributed by atoms with E-state index >= 15 is 0 Å². The van der Waals surface area contributed by atoms with Gasteiger partial charge in [0.15, 0.2) is 0 Å². The van der Waals surface area contributed by atoms with Crippen molar-refractivity contribution in [2.24, 2.45) is 5.10 Å². The lowest BCUT2D eigenvalue weighted by molar-refractivity contribution is 0.0792. The smallest absolute Gasteiger partial charge is 0.274 e. The fourth-order valence-corrected chi connectivity index (χ4v) is 6.37. The van der Waals surface area contributed by atoms with Crippen molar-refractivity contribution in [1.82, 2.24) is 10.3 Å². The molecule has 0 radical (unpaired) electrons. The highest BCUT2D eigenvalue weighted by atomic mass is 32.1. The molecule has 1 aliphatic carbocycles. The Hall–Kier alpha value is -3.33. The summed E-state index contributed by atoms with van der Waals surface area (Å²) in [5, 5.41) is 17.6. The second kappa shape index (κ2) is 12.0. The number of aliphatic hydroxyl groups excluding tert-OH is 1. The number of amides is 2. The van der Waals surface area contributed by atoms with Crippen molar-refractivity contribution in [2.75, 3.05) is 18.4 Å². The van der Waals surface area contributed by atoms with Crippen molar-refractivity contribution in [3.05, 3.63) is 86.8 Å². The molecule has 198 valence electrons. The Labute approximate surface area is 227 Å². The van der Waals surface area contributed by atoms with E-state index in [1.54, 1.807) is 12.3 Å². The molecule has 2 aliphatic rings. The molecule has 1 fully saturated rings. The molecular weight excluding hydrogens is 496 g/mol. The number of nitrogens with zero attached hydrogens (tertiary/aromatic N) is 2. The van der Waals surface area contributed by atoms with Gasteiger partial charge in [-0.2, -0.15) is 5.10 Å². The Morgan fingerprint density at radius 2 is 1.84 bits per heavy atom. The number of hydrazone groups is 1. The average molecular weight is 531 g/mol. The second-order valence-electron chi connectivity index (χ2n) is 10.2. The van der Waals surface area contributed by atoms with E-state index in [9.17, 15) is 14.7 Å². The highest BCUT2D eigenvalue weighted by Gasteiger charge is 2.26. The molecular formula is C30H34N4O3S. The molecule has 0 bridgehead atoms. The van der Waals surface area contributed by atoms with Crippen molar-refractivity contribution in [3.8, 4) is 0 Å². The first-order valence-electron chi connectivity index (χ1n) is 13.3. The summed E-state index contributed by atoms with van der Waals surface area (Å²) in [5.74, 6) is -0.527. The quantitative estimate of drug-likeness (QED) is 0.299. The van der Waals surface area contributed by atoms with Crippen LogP contribution in [0.3, 0.4) is 0 Å². The van der Waals surface area contributed by atoms with Gasteiger partial charge in [-0.1, -0.05) is 42.0 Å². The number of nitrogens with one attached hydrogen (secondary N) is 2. The summed E-state index contributed by atoms with van der Waals surface area (Å²) in [6, 6.07) is 15.5. The molecule has 1 aliphatic heterocycles. The van der Waals surface area contributed by atoms with Gasteiger partial charge in [0.25, 0.3) is 11.8 Å². The third-order valence-electron chi connectivity index (χ3n) is 7.23. The number of fused-ring (bicyclic) bond motifs is 1. The van der Waals surface area contributed by atoms with E-state index in [0.29, 0.717) is 16.1 Å². The largest absolute Gasteiger partial charge is 0.393 e. The van der Waals surface area contributed by atoms with E-state index in [0.717, 1.165) is 80.4 Å². The number of rotatable bonds is 7. The number of aryl methyl sites for hydroxylation is 2. The third kappa shape index (κ3) is 6.38. The molecule has 3 aromatic rings. The molecule has 1 aromatic heterocycles. The molecule has 3 N–H and O–H groups in total. The van der Waals surface area contributed by atoms with Gasteiger partial charge >= 0.3 is 0 Å². The van der Waals surface area contributed by atoms with Gasteiger partial charge in [0.1, 0.15) is 5.00 Å². The molecule has 0 unspecified atom stereocenters. The number of piperidine rings is 1. The summed E-state index contributed by atoms with van der Waals surface area (Å²) in [4.78, 5) is 30.0. The Morgan fingerprint density at radius 3 is 2.63 bits per heavy atom. The van der Waals surface area contributed by atoms with Crippen LogP contribution in [-0.2, 0) is 19.4 Å². The topological polar surface area (TPSA) is 94.0 Å². The van der Waals surface area contributed by atoms with Crippen LogP contribution in [-0.4, -0.2) is 47.2 Å². The number of aliphatic hydroxyl groups is 1. The lowest BCUT2D eigenvalue weighted by atomic mass is 9.95. The fourth-order valence-electron chi connectivity index (χ4n) is 5.09. The zero-order valence-electron chi connectivity index (χ0n) is 21.7. The summed E-state index contributed by atoms with van der Waals surface area (Å²) in [6.07, 6.45) is 6.84. The lowest BCUT2D eigenvalue weighted by Gasteiger charge is -2.29. The van der Waals surface area contributed by atoms with Crippen molar-refractivity contribution < 1.29 is 14.7 Å². The molecule has 1 saturated heterocycles. The minimum Gasteiger partial charge on any atom is -0.393 e. The number of thiophene rings is 1. The molecule has 0 saturated carbocycles. The maximum Gasteiger partial charge on any atom is 0.274 e. The van der Waals surface area contributed by atoms with Crippen molar-refractivity contribution in [2.45, 2.75) is 58.1 Å². The van der Waals surface area contributed by atoms with Crippen molar-refractivity contribution in [3.63, 3.8) is 0 Å². The molecule has 7 nitrogen and oxygen atoms in total. The van der Waals surface area contributed by atoms with Gasteiger partial charge < -0.3 is 10.4 Å². The molecule has 2 amide bonds. The fraction of sp³-hybridized carbons (Fsp3) is 0.367. The van der Waals surface area contributed by atoms with E-state index in [2.05, 4.69) is 20.7 Å². The van der Waals surface area contributed by atoms with E-state index in [4.69, 9.17) is 0 Å². The minimum atomic E-state index is -0.302. The van der Waals surface area contributed by atoms with Crippen LogP contribution < -0.4 is 10.7 Å². The summed E-state index contributed by atoms with van der Waals surface area (Å²) < 4.78 is 0. The number of anilines is 1. The maximum absolute atomic E-state index is 13.3. The van der Waals surface area contributed by atoms with Crippen LogP contribution in [0.2, 0.25) is 0 Å². The first-order chi connectivity index (χ1) is 18.5. The van der Waals surface area contributed by atoms with Crippen LogP contribution in [0, 0.1) is 6.92 Å². The van der Waals surface area contributed by atoms with Gasteiger partial charge in [-0.3, -0.25) is 14.5 Å². The summed E-state index contributed by atoms with van der Waals surface area (Å²) in [5.41, 5.74) is 7.91. The van der Waals surface area contributed by atoms with E-state index in [1.165, 1.54) is 16.2 Å². The highest BCUT2D eigenvalue weighted by Crippen LogP contribution is 2.38. The predicted octanol–water partition coefficient (Wildman–Crippen LogP) is 4.91. The van der Waals surface area contributed by atoms with Crippen LogP contribution in [0.15, 0.2) is 53.6 Å². The van der Waals surface area contributed by atoms with Crippen LogP contribution in [0.1, 0.15) is 73.5 Å². The zero-order valence-corrected chi connectivity index (χ0v) is 22.5. The van der Waals surface area contributed by atoms with Crippen LogP contribution >= 0.6 is 11.3 Å². The monoisotopic (exact) mass is 530 g/mol. The molecule has 2 aromatic carbocycles. The minimum absolute atomic E-state index is 0.209. The van der Waals surface area contributed by atoms with Gasteiger partial charge in [-0.15, -0.1) is 11.3 Å². The number of benzene rings is 2. The van der Waals surface area contributed by atoms with E-state index in [1.807, 2.05) is 49.4 Å². The third-order valence-corrected chi connectivity index (χ3v) is 8.44. The SMILES string of the molecule is Cc1ccc(C=NNC(=O)c2c(NC(=O)c3cccc(CN4CCC(O)CC4)c3)sc3c2CCCC3)cc1. The predicted molar refractivity (Wildman–Crippen MR) is 152 cm³/mol. The van der Waals surface area contributed by atoms with Gasteiger partial charge in [0, 0.05) is 30.1 Å². The molecule has 5 rings (SSSR count). The normalized spacial score (nSPS) is 16.4. The Kier molecular flexibility index (Phi) is 8.32. The van der Waals surface area contributed by atoms with Crippen LogP contribution in [0.4, 0.5) is 5.00 Å². The van der Waals surface area contributed by atoms with Crippen molar-refractivity contribution >= 4 is 34.4 Å². The lowest BCUT2D eigenvalue weighted by Crippen LogP contribution is -2.35. The maximum atomic E-state index is 13.3. The number of hydrogen-bond acceptors (Lipinski definition) is 6. The average Bonchev–Trinajstić information content (AvgIpc) is 3.29. The first kappa shape index (κ1) is 26.3. The van der Waals surface area contributed by atoms with Gasteiger partial charge in [0.2, 0.25) is 0 Å². The number of carbonyl (C=O) groups is 2. The number of carbonyl (C=O) groups excluding carboxylic acids is 2. The first-order valence-corrected chi connectivity index (χ1v) is 14.1. The summed E-state index contributed by atoms with van der Waals surface area (Å²) in [7, 11) is 0. The summed E-state index contributed by atoms with van der Waals surface area (Å²) in [6.45, 7) is 4.47.